The highest BCUT2D eigenvalue weighted by molar-refractivity contribution is 5.84. The maximum Gasteiger partial charge on any atom is 0.228 e. The second-order valence-electron chi connectivity index (χ2n) is 6.66. The largest absolute Gasteiger partial charge is 0.339 e. The van der Waals surface area contributed by atoms with E-state index in [0.717, 1.165) is 11.3 Å². The van der Waals surface area contributed by atoms with E-state index in [4.69, 9.17) is 0 Å². The third-order valence-electron chi connectivity index (χ3n) is 4.67. The molecule has 0 radical (unpaired) electrons. The number of carbonyl (C=O) groups is 2. The zero-order valence-electron chi connectivity index (χ0n) is 13.5. The van der Waals surface area contributed by atoms with Gasteiger partial charge in [0.1, 0.15) is 0 Å². The molecule has 1 saturated heterocycles. The molecule has 0 N–H and O–H groups in total. The predicted octanol–water partition coefficient (Wildman–Crippen LogP) is 1.88. The maximum atomic E-state index is 12.8. The van der Waals surface area contributed by atoms with Crippen molar-refractivity contribution in [2.45, 2.75) is 52.7 Å². The number of aromatic nitrogens is 1. The highest BCUT2D eigenvalue weighted by Crippen LogP contribution is 2.27. The van der Waals surface area contributed by atoms with Crippen LogP contribution in [0.1, 0.15) is 43.5 Å². The summed E-state index contributed by atoms with van der Waals surface area (Å²) in [4.78, 5) is 32.8. The number of carbonyl (C=O) groups excluding carboxylic acids is 2. The number of hydrogen-bond acceptors (Lipinski definition) is 3. The molecule has 2 aliphatic rings. The van der Waals surface area contributed by atoms with Crippen molar-refractivity contribution in [2.24, 2.45) is 5.92 Å². The van der Waals surface area contributed by atoms with Crippen LogP contribution in [0.25, 0.3) is 0 Å². The molecule has 0 aromatic carbocycles. The van der Waals surface area contributed by atoms with Crippen molar-refractivity contribution in [1.82, 2.24) is 14.8 Å². The first kappa shape index (κ1) is 15.0. The SMILES string of the molecule is Cc1cc2c(cn1)CN(C(=O)C1CCC(=O)N(C(C)C)C1)C2. The van der Waals surface area contributed by atoms with E-state index in [1.165, 1.54) is 5.56 Å². The van der Waals surface area contributed by atoms with Crippen LogP contribution < -0.4 is 0 Å². The van der Waals surface area contributed by atoms with Gasteiger partial charge in [0.05, 0.1) is 5.92 Å². The highest BCUT2D eigenvalue weighted by atomic mass is 16.2. The zero-order chi connectivity index (χ0) is 15.9. The Balaban J connectivity index is 1.69. The Morgan fingerprint density at radius 3 is 2.77 bits per heavy atom. The van der Waals surface area contributed by atoms with Crippen LogP contribution in [0.4, 0.5) is 0 Å². The van der Waals surface area contributed by atoms with Gasteiger partial charge in [-0.3, -0.25) is 14.6 Å². The third kappa shape index (κ3) is 2.72. The molecule has 1 fully saturated rings. The smallest absolute Gasteiger partial charge is 0.228 e. The lowest BCUT2D eigenvalue weighted by Gasteiger charge is -2.36. The second-order valence-corrected chi connectivity index (χ2v) is 6.66. The number of aryl methyl sites for hydroxylation is 1. The molecular weight excluding hydrogens is 278 g/mol. The molecule has 118 valence electrons. The fraction of sp³-hybridized carbons (Fsp3) is 0.588. The van der Waals surface area contributed by atoms with Crippen LogP contribution in [0.15, 0.2) is 12.3 Å². The number of fused-ring (bicyclic) bond motifs is 1. The van der Waals surface area contributed by atoms with Gasteiger partial charge in [-0.2, -0.15) is 0 Å². The van der Waals surface area contributed by atoms with E-state index in [0.29, 0.717) is 32.5 Å². The maximum absolute atomic E-state index is 12.8. The van der Waals surface area contributed by atoms with Gasteiger partial charge in [-0.1, -0.05) is 0 Å². The summed E-state index contributed by atoms with van der Waals surface area (Å²) in [7, 11) is 0. The molecule has 22 heavy (non-hydrogen) atoms. The molecule has 0 aliphatic carbocycles. The van der Waals surface area contributed by atoms with Crippen LogP contribution in [0.2, 0.25) is 0 Å². The normalized spacial score (nSPS) is 21.5. The Hall–Kier alpha value is -1.91. The first-order chi connectivity index (χ1) is 10.5. The Morgan fingerprint density at radius 1 is 1.32 bits per heavy atom. The third-order valence-corrected chi connectivity index (χ3v) is 4.67. The number of nitrogens with zero attached hydrogens (tertiary/aromatic N) is 3. The average Bonchev–Trinajstić information content (AvgIpc) is 2.89. The summed E-state index contributed by atoms with van der Waals surface area (Å²) in [5, 5.41) is 0. The molecule has 1 aromatic heterocycles. The fourth-order valence-electron chi connectivity index (χ4n) is 3.39. The number of pyridine rings is 1. The molecule has 2 amide bonds. The Kier molecular flexibility index (Phi) is 3.89. The molecule has 1 aromatic rings. The molecule has 5 heteroatoms. The highest BCUT2D eigenvalue weighted by Gasteiger charge is 2.35. The minimum atomic E-state index is -0.0662. The van der Waals surface area contributed by atoms with E-state index in [-0.39, 0.29) is 23.8 Å². The van der Waals surface area contributed by atoms with Gasteiger partial charge in [-0.05, 0) is 44.4 Å². The van der Waals surface area contributed by atoms with Crippen molar-refractivity contribution in [3.05, 3.63) is 29.1 Å². The second kappa shape index (κ2) is 5.71. The lowest BCUT2D eigenvalue weighted by atomic mass is 9.95. The molecule has 1 atom stereocenters. The predicted molar refractivity (Wildman–Crippen MR) is 82.8 cm³/mol. The van der Waals surface area contributed by atoms with E-state index in [9.17, 15) is 9.59 Å². The van der Waals surface area contributed by atoms with Crippen molar-refractivity contribution >= 4 is 11.8 Å². The van der Waals surface area contributed by atoms with E-state index in [1.54, 1.807) is 0 Å². The van der Waals surface area contributed by atoms with E-state index in [2.05, 4.69) is 11.1 Å². The molecule has 3 heterocycles. The van der Waals surface area contributed by atoms with Gasteiger partial charge in [0.15, 0.2) is 0 Å². The summed E-state index contributed by atoms with van der Waals surface area (Å²) in [5.41, 5.74) is 3.34. The summed E-state index contributed by atoms with van der Waals surface area (Å²) >= 11 is 0. The number of amides is 2. The van der Waals surface area contributed by atoms with Gasteiger partial charge < -0.3 is 9.80 Å². The number of likely N-dealkylation sites (tertiary alicyclic amines) is 1. The summed E-state index contributed by atoms with van der Waals surface area (Å²) < 4.78 is 0. The van der Waals surface area contributed by atoms with Crippen LogP contribution >= 0.6 is 0 Å². The lowest BCUT2D eigenvalue weighted by molar-refractivity contribution is -0.144. The molecule has 1 unspecified atom stereocenters. The molecule has 3 rings (SSSR count). The number of hydrogen-bond donors (Lipinski definition) is 0. The van der Waals surface area contributed by atoms with Crippen molar-refractivity contribution < 1.29 is 9.59 Å². The van der Waals surface area contributed by atoms with Gasteiger partial charge >= 0.3 is 0 Å². The van der Waals surface area contributed by atoms with Crippen LogP contribution in [0, 0.1) is 12.8 Å². The summed E-state index contributed by atoms with van der Waals surface area (Å²) in [6.07, 6.45) is 3.03. The van der Waals surface area contributed by atoms with Crippen LogP contribution in [-0.2, 0) is 22.7 Å². The van der Waals surface area contributed by atoms with Crippen molar-refractivity contribution in [3.8, 4) is 0 Å². The van der Waals surface area contributed by atoms with E-state index >= 15 is 0 Å². The molecule has 0 saturated carbocycles. The van der Waals surface area contributed by atoms with Gasteiger partial charge in [-0.15, -0.1) is 0 Å². The zero-order valence-corrected chi connectivity index (χ0v) is 13.5. The van der Waals surface area contributed by atoms with Crippen LogP contribution in [-0.4, -0.2) is 39.2 Å². The number of rotatable bonds is 2. The standard InChI is InChI=1S/C17H23N3O2/c1-11(2)20-10-13(4-5-16(20)21)17(22)19-8-14-6-12(3)18-7-15(14)9-19/h6-7,11,13H,4-5,8-10H2,1-3H3. The van der Waals surface area contributed by atoms with Crippen molar-refractivity contribution in [2.75, 3.05) is 6.54 Å². The van der Waals surface area contributed by atoms with E-state index in [1.807, 2.05) is 36.8 Å². The summed E-state index contributed by atoms with van der Waals surface area (Å²) in [6, 6.07) is 2.22. The van der Waals surface area contributed by atoms with E-state index < -0.39 is 0 Å². The minimum absolute atomic E-state index is 0.0662. The van der Waals surface area contributed by atoms with Crippen molar-refractivity contribution in [3.63, 3.8) is 0 Å². The molecule has 2 aliphatic heterocycles. The monoisotopic (exact) mass is 301 g/mol. The minimum Gasteiger partial charge on any atom is -0.339 e. The molecule has 5 nitrogen and oxygen atoms in total. The molecule has 0 spiro atoms. The first-order valence-corrected chi connectivity index (χ1v) is 7.98. The number of piperidine rings is 1. The van der Waals surface area contributed by atoms with Gasteiger partial charge in [-0.25, -0.2) is 0 Å². The van der Waals surface area contributed by atoms with Gasteiger partial charge in [0.25, 0.3) is 0 Å². The summed E-state index contributed by atoms with van der Waals surface area (Å²) in [5.74, 6) is 0.277. The van der Waals surface area contributed by atoms with Gasteiger partial charge in [0.2, 0.25) is 11.8 Å². The summed E-state index contributed by atoms with van der Waals surface area (Å²) in [6.45, 7) is 7.85. The quantitative estimate of drug-likeness (QED) is 0.838. The Bertz CT molecular complexity index is 612. The Morgan fingerprint density at radius 2 is 2.05 bits per heavy atom. The Labute approximate surface area is 131 Å². The van der Waals surface area contributed by atoms with Crippen LogP contribution in [0.5, 0.6) is 0 Å². The average molecular weight is 301 g/mol. The lowest BCUT2D eigenvalue weighted by Crippen LogP contribution is -2.48. The van der Waals surface area contributed by atoms with Crippen molar-refractivity contribution in [1.29, 1.82) is 0 Å². The van der Waals surface area contributed by atoms with Gasteiger partial charge in [0, 0.05) is 44.0 Å². The van der Waals surface area contributed by atoms with Crippen LogP contribution in [0.3, 0.4) is 0 Å². The fourth-order valence-corrected chi connectivity index (χ4v) is 3.39. The molecular formula is C17H23N3O2. The molecule has 0 bridgehead atoms. The topological polar surface area (TPSA) is 53.5 Å². The first-order valence-electron chi connectivity index (χ1n) is 7.98.